The molecule has 0 rings (SSSR count). The Hall–Kier alpha value is -3.93. The van der Waals surface area contributed by atoms with Crippen LogP contribution in [0, 0.1) is 0 Å². The van der Waals surface area contributed by atoms with Gasteiger partial charge in [0.1, 0.15) is 13.2 Å². The molecule has 0 heterocycles. The maximum absolute atomic E-state index is 12.9. The van der Waals surface area contributed by atoms with Crippen molar-refractivity contribution in [2.45, 2.75) is 322 Å². The van der Waals surface area contributed by atoms with Crippen molar-refractivity contribution >= 4 is 17.9 Å². The van der Waals surface area contributed by atoms with Crippen LogP contribution in [0.5, 0.6) is 0 Å². The molecule has 1 unspecified atom stereocenters. The van der Waals surface area contributed by atoms with E-state index in [1.54, 1.807) is 0 Å². The van der Waals surface area contributed by atoms with Crippen LogP contribution in [0.25, 0.3) is 0 Å². The number of rotatable bonds is 60. The molecule has 6 heteroatoms. The highest BCUT2D eigenvalue weighted by molar-refractivity contribution is 5.71. The fraction of sp³-hybridized carbons (Fsp3) is 0.712. The first-order valence-corrected chi connectivity index (χ1v) is 33.4. The summed E-state index contributed by atoms with van der Waals surface area (Å²) in [5, 5.41) is 0. The lowest BCUT2D eigenvalue weighted by atomic mass is 10.0. The van der Waals surface area contributed by atoms with Crippen LogP contribution in [0.15, 0.2) is 109 Å². The van der Waals surface area contributed by atoms with Gasteiger partial charge in [-0.1, -0.05) is 284 Å². The summed E-state index contributed by atoms with van der Waals surface area (Å²) in [6, 6.07) is 0. The molecule has 0 N–H and O–H groups in total. The van der Waals surface area contributed by atoms with E-state index in [0.29, 0.717) is 19.3 Å². The van der Waals surface area contributed by atoms with Gasteiger partial charge in [-0.25, -0.2) is 0 Å². The molecular weight excluding hydrogens is 973 g/mol. The van der Waals surface area contributed by atoms with E-state index in [-0.39, 0.29) is 31.1 Å². The Bertz CT molecular complexity index is 1590. The highest BCUT2D eigenvalue weighted by Gasteiger charge is 2.19. The average Bonchev–Trinajstić information content (AvgIpc) is 3.45. The molecule has 0 spiro atoms. The van der Waals surface area contributed by atoms with Gasteiger partial charge in [-0.15, -0.1) is 0 Å². The maximum atomic E-state index is 12.9. The standard InChI is InChI=1S/C73H124O6/c1-4-7-10-13-16-19-22-25-27-29-30-31-32-33-34-35-36-37-38-39-40-41-42-44-45-48-51-54-57-60-63-66-72(75)78-69-70(68-77-71(74)65-62-59-56-53-50-47-24-21-18-15-12-9-6-3)79-73(76)67-64-61-58-55-52-49-46-43-28-26-23-20-17-14-11-8-5-2/h7,10,12,15-16,19,21,24-28,30-31,33-34,36-37,70H,4-6,8-9,11,13-14,17-18,20,22-23,29,32,35,38-69H2,1-3H3/b10-7-,15-12-,19-16-,24-21-,27-25-,28-26-,31-30-,34-33-,37-36-. The first kappa shape index (κ1) is 75.1. The minimum absolute atomic E-state index is 0.0843. The summed E-state index contributed by atoms with van der Waals surface area (Å²) >= 11 is 0. The molecule has 6 nitrogen and oxygen atoms in total. The van der Waals surface area contributed by atoms with Crippen LogP contribution < -0.4 is 0 Å². The van der Waals surface area contributed by atoms with E-state index in [0.717, 1.165) is 128 Å². The van der Waals surface area contributed by atoms with Gasteiger partial charge >= 0.3 is 17.9 Å². The van der Waals surface area contributed by atoms with Gasteiger partial charge < -0.3 is 14.2 Å². The quantitative estimate of drug-likeness (QED) is 0.0261. The van der Waals surface area contributed by atoms with Crippen LogP contribution >= 0.6 is 0 Å². The summed E-state index contributed by atoms with van der Waals surface area (Å²) in [6.45, 7) is 6.46. The van der Waals surface area contributed by atoms with E-state index in [4.69, 9.17) is 14.2 Å². The van der Waals surface area contributed by atoms with E-state index >= 15 is 0 Å². The fourth-order valence-corrected chi connectivity index (χ4v) is 9.24. The summed E-state index contributed by atoms with van der Waals surface area (Å²) < 4.78 is 16.9. The third-order valence-electron chi connectivity index (χ3n) is 14.2. The summed E-state index contributed by atoms with van der Waals surface area (Å²) in [7, 11) is 0. The second kappa shape index (κ2) is 66.6. The van der Waals surface area contributed by atoms with Crippen molar-refractivity contribution in [3.63, 3.8) is 0 Å². The smallest absolute Gasteiger partial charge is 0.306 e. The van der Waals surface area contributed by atoms with Gasteiger partial charge in [-0.2, -0.15) is 0 Å². The van der Waals surface area contributed by atoms with Crippen LogP contribution in [-0.4, -0.2) is 37.2 Å². The van der Waals surface area contributed by atoms with Crippen molar-refractivity contribution in [3.8, 4) is 0 Å². The lowest BCUT2D eigenvalue weighted by Crippen LogP contribution is -2.30. The Labute approximate surface area is 489 Å². The van der Waals surface area contributed by atoms with E-state index in [2.05, 4.69) is 130 Å². The van der Waals surface area contributed by atoms with Crippen LogP contribution in [0.1, 0.15) is 316 Å². The molecule has 0 aromatic carbocycles. The highest BCUT2D eigenvalue weighted by Crippen LogP contribution is 2.16. The molecule has 0 aliphatic heterocycles. The first-order valence-electron chi connectivity index (χ1n) is 33.4. The number of ether oxygens (including phenoxy) is 3. The lowest BCUT2D eigenvalue weighted by molar-refractivity contribution is -0.167. The minimum Gasteiger partial charge on any atom is -0.462 e. The predicted octanol–water partition coefficient (Wildman–Crippen LogP) is 23.0. The topological polar surface area (TPSA) is 78.9 Å². The second-order valence-electron chi connectivity index (χ2n) is 22.0. The number of unbranched alkanes of at least 4 members (excludes halogenated alkanes) is 31. The van der Waals surface area contributed by atoms with Crippen LogP contribution in [0.4, 0.5) is 0 Å². The Morgan fingerprint density at radius 1 is 0.266 bits per heavy atom. The van der Waals surface area contributed by atoms with Crippen LogP contribution in [0.3, 0.4) is 0 Å². The molecule has 0 saturated carbocycles. The average molecular weight is 1100 g/mol. The van der Waals surface area contributed by atoms with E-state index < -0.39 is 6.10 Å². The van der Waals surface area contributed by atoms with Crippen molar-refractivity contribution in [1.29, 1.82) is 0 Å². The SMILES string of the molecule is CC/C=C\C/C=C\C/C=C\C/C=C\C/C=C\C/C=C\CCCCCCCCCCCCCCC(=O)OCC(COC(=O)CCCCCCC/C=C\C/C=C\CCC)OC(=O)CCCCCCCCC/C=C\CCCCCCCC. The fourth-order valence-electron chi connectivity index (χ4n) is 9.24. The molecule has 0 radical (unpaired) electrons. The van der Waals surface area contributed by atoms with E-state index in [9.17, 15) is 14.4 Å². The summed E-state index contributed by atoms with van der Waals surface area (Å²) in [4.78, 5) is 38.3. The highest BCUT2D eigenvalue weighted by atomic mass is 16.6. The molecule has 0 aromatic heterocycles. The zero-order valence-electron chi connectivity index (χ0n) is 51.9. The molecule has 0 amide bonds. The normalized spacial score (nSPS) is 12.8. The van der Waals surface area contributed by atoms with Gasteiger partial charge in [0.15, 0.2) is 6.10 Å². The molecule has 0 saturated heterocycles. The van der Waals surface area contributed by atoms with Crippen molar-refractivity contribution in [3.05, 3.63) is 109 Å². The third-order valence-corrected chi connectivity index (χ3v) is 14.2. The van der Waals surface area contributed by atoms with Gasteiger partial charge in [-0.05, 0) is 122 Å². The van der Waals surface area contributed by atoms with Crippen LogP contribution in [0.2, 0.25) is 0 Å². The first-order chi connectivity index (χ1) is 39.0. The van der Waals surface area contributed by atoms with Gasteiger partial charge in [0, 0.05) is 19.3 Å². The number of hydrogen-bond acceptors (Lipinski definition) is 6. The van der Waals surface area contributed by atoms with E-state index in [1.807, 2.05) is 0 Å². The number of esters is 3. The maximum Gasteiger partial charge on any atom is 0.306 e. The monoisotopic (exact) mass is 1100 g/mol. The molecule has 79 heavy (non-hydrogen) atoms. The molecule has 452 valence electrons. The summed E-state index contributed by atoms with van der Waals surface area (Å²) in [5.41, 5.74) is 0. The second-order valence-corrected chi connectivity index (χ2v) is 22.0. The van der Waals surface area contributed by atoms with Crippen molar-refractivity contribution < 1.29 is 28.6 Å². The Balaban J connectivity index is 4.25. The Morgan fingerprint density at radius 2 is 0.519 bits per heavy atom. The summed E-state index contributed by atoms with van der Waals surface area (Å²) in [6.07, 6.45) is 91.0. The molecule has 0 aliphatic carbocycles. The minimum atomic E-state index is -0.788. The third kappa shape index (κ3) is 64.8. The van der Waals surface area contributed by atoms with Gasteiger partial charge in [-0.3, -0.25) is 14.4 Å². The number of hydrogen-bond donors (Lipinski definition) is 0. The Morgan fingerprint density at radius 3 is 0.835 bits per heavy atom. The van der Waals surface area contributed by atoms with Crippen molar-refractivity contribution in [1.82, 2.24) is 0 Å². The number of carbonyl (C=O) groups excluding carboxylic acids is 3. The van der Waals surface area contributed by atoms with Gasteiger partial charge in [0.2, 0.25) is 0 Å². The molecular formula is C73H124O6. The molecule has 0 bridgehead atoms. The van der Waals surface area contributed by atoms with Gasteiger partial charge in [0.25, 0.3) is 0 Å². The number of carbonyl (C=O) groups is 3. The summed E-state index contributed by atoms with van der Waals surface area (Å²) in [5.74, 6) is -0.896. The van der Waals surface area contributed by atoms with Crippen molar-refractivity contribution in [2.75, 3.05) is 13.2 Å². The van der Waals surface area contributed by atoms with E-state index in [1.165, 1.54) is 148 Å². The van der Waals surface area contributed by atoms with Gasteiger partial charge in [0.05, 0.1) is 0 Å². The lowest BCUT2D eigenvalue weighted by Gasteiger charge is -2.18. The number of allylic oxidation sites excluding steroid dienone is 18. The molecule has 0 fully saturated rings. The molecule has 1 atom stereocenters. The van der Waals surface area contributed by atoms with Crippen LogP contribution in [-0.2, 0) is 28.6 Å². The van der Waals surface area contributed by atoms with Crippen molar-refractivity contribution in [2.24, 2.45) is 0 Å². The largest absolute Gasteiger partial charge is 0.462 e. The molecule has 0 aromatic rings. The zero-order valence-corrected chi connectivity index (χ0v) is 51.9. The zero-order chi connectivity index (χ0) is 57.1. The molecule has 0 aliphatic rings. The Kier molecular flexibility index (Phi) is 63.3. The predicted molar refractivity (Wildman–Crippen MR) is 343 cm³/mol.